The number of fused-ring (bicyclic) bond motifs is 1. The molecule has 2 aromatic carbocycles. The lowest BCUT2D eigenvalue weighted by Gasteiger charge is -2.31. The molecule has 4 nitrogen and oxygen atoms in total. The Labute approximate surface area is 141 Å². The number of nitrogens with two attached hydrogens (primary N) is 1. The van der Waals surface area contributed by atoms with Crippen molar-refractivity contribution in [2.75, 3.05) is 0 Å². The second-order valence-electron chi connectivity index (χ2n) is 6.83. The highest BCUT2D eigenvalue weighted by molar-refractivity contribution is 5.54. The van der Waals surface area contributed by atoms with Gasteiger partial charge in [-0.1, -0.05) is 60.6 Å². The standard InChI is InChI=1S/C20H21N3O/c1-20(11-10-15-4-2-3-5-17(15)12-20)19-22-18(23-24-19)16-8-6-14(13-21)7-9-16/h2-9H,10-13,21H2,1H3. The molecule has 0 saturated heterocycles. The van der Waals surface area contributed by atoms with E-state index in [9.17, 15) is 0 Å². The Morgan fingerprint density at radius 3 is 2.58 bits per heavy atom. The molecule has 2 N–H and O–H groups in total. The Morgan fingerprint density at radius 2 is 1.83 bits per heavy atom. The third-order valence-electron chi connectivity index (χ3n) is 5.04. The first kappa shape index (κ1) is 15.1. The van der Waals surface area contributed by atoms with Gasteiger partial charge < -0.3 is 10.3 Å². The van der Waals surface area contributed by atoms with Crippen molar-refractivity contribution in [2.24, 2.45) is 5.73 Å². The van der Waals surface area contributed by atoms with Crippen molar-refractivity contribution in [3.63, 3.8) is 0 Å². The third kappa shape index (κ3) is 2.63. The van der Waals surface area contributed by atoms with E-state index in [0.29, 0.717) is 12.4 Å². The minimum Gasteiger partial charge on any atom is -0.338 e. The maximum atomic E-state index is 5.65. The first-order valence-electron chi connectivity index (χ1n) is 8.38. The van der Waals surface area contributed by atoms with Gasteiger partial charge in [0, 0.05) is 12.1 Å². The Morgan fingerprint density at radius 1 is 1.08 bits per heavy atom. The fourth-order valence-electron chi connectivity index (χ4n) is 3.45. The molecule has 1 atom stereocenters. The lowest BCUT2D eigenvalue weighted by Crippen LogP contribution is -2.30. The normalized spacial score (nSPS) is 19.9. The van der Waals surface area contributed by atoms with Crippen LogP contribution >= 0.6 is 0 Å². The number of aromatic nitrogens is 2. The van der Waals surface area contributed by atoms with Crippen LogP contribution in [0.1, 0.15) is 35.9 Å². The first-order chi connectivity index (χ1) is 11.7. The molecule has 0 spiro atoms. The van der Waals surface area contributed by atoms with Crippen LogP contribution in [0.4, 0.5) is 0 Å². The molecular weight excluding hydrogens is 298 g/mol. The maximum Gasteiger partial charge on any atom is 0.233 e. The Balaban J connectivity index is 1.62. The van der Waals surface area contributed by atoms with Crippen LogP contribution in [0.25, 0.3) is 11.4 Å². The zero-order valence-corrected chi connectivity index (χ0v) is 13.8. The summed E-state index contributed by atoms with van der Waals surface area (Å²) in [7, 11) is 0. The van der Waals surface area contributed by atoms with Crippen molar-refractivity contribution >= 4 is 0 Å². The van der Waals surface area contributed by atoms with E-state index in [1.165, 1.54) is 11.1 Å². The van der Waals surface area contributed by atoms with Crippen LogP contribution < -0.4 is 5.73 Å². The van der Waals surface area contributed by atoms with Crippen LogP contribution in [0.3, 0.4) is 0 Å². The summed E-state index contributed by atoms with van der Waals surface area (Å²) >= 11 is 0. The van der Waals surface area contributed by atoms with Crippen LogP contribution in [0, 0.1) is 0 Å². The first-order valence-corrected chi connectivity index (χ1v) is 8.38. The summed E-state index contributed by atoms with van der Waals surface area (Å²) in [6, 6.07) is 16.6. The van der Waals surface area contributed by atoms with Crippen molar-refractivity contribution in [3.05, 3.63) is 71.1 Å². The van der Waals surface area contributed by atoms with Crippen molar-refractivity contribution < 1.29 is 4.52 Å². The molecule has 1 aliphatic carbocycles. The van der Waals surface area contributed by atoms with Gasteiger partial charge in [0.15, 0.2) is 0 Å². The average Bonchev–Trinajstić information content (AvgIpc) is 3.13. The van der Waals surface area contributed by atoms with Gasteiger partial charge in [0.2, 0.25) is 11.7 Å². The van der Waals surface area contributed by atoms with Crippen LogP contribution in [-0.2, 0) is 24.8 Å². The molecule has 0 amide bonds. The lowest BCUT2D eigenvalue weighted by atomic mass is 9.73. The van der Waals surface area contributed by atoms with Crippen LogP contribution in [0.15, 0.2) is 53.1 Å². The zero-order chi connectivity index (χ0) is 16.6. The van der Waals surface area contributed by atoms with Gasteiger partial charge in [-0.25, -0.2) is 0 Å². The molecule has 1 aromatic heterocycles. The van der Waals surface area contributed by atoms with Gasteiger partial charge in [0.25, 0.3) is 0 Å². The Hall–Kier alpha value is -2.46. The molecule has 3 aromatic rings. The van der Waals surface area contributed by atoms with E-state index in [0.717, 1.165) is 36.3 Å². The zero-order valence-electron chi connectivity index (χ0n) is 13.8. The summed E-state index contributed by atoms with van der Waals surface area (Å²) in [6.07, 6.45) is 3.02. The molecule has 1 aliphatic rings. The summed E-state index contributed by atoms with van der Waals surface area (Å²) in [5.41, 5.74) is 10.4. The fraction of sp³-hybridized carbons (Fsp3) is 0.300. The summed E-state index contributed by atoms with van der Waals surface area (Å²) in [6.45, 7) is 2.76. The van der Waals surface area contributed by atoms with Crippen molar-refractivity contribution in [3.8, 4) is 11.4 Å². The summed E-state index contributed by atoms with van der Waals surface area (Å²) in [5, 5.41) is 4.20. The number of hydrogen-bond acceptors (Lipinski definition) is 4. The minimum absolute atomic E-state index is 0.100. The van der Waals surface area contributed by atoms with Gasteiger partial charge in [-0.2, -0.15) is 4.98 Å². The molecule has 4 heteroatoms. The molecule has 24 heavy (non-hydrogen) atoms. The van der Waals surface area contributed by atoms with Crippen LogP contribution in [0.2, 0.25) is 0 Å². The number of hydrogen-bond donors (Lipinski definition) is 1. The van der Waals surface area contributed by atoms with E-state index < -0.39 is 0 Å². The molecule has 122 valence electrons. The van der Waals surface area contributed by atoms with Crippen LogP contribution in [0.5, 0.6) is 0 Å². The van der Waals surface area contributed by atoms with Gasteiger partial charge in [-0.05, 0) is 36.0 Å². The summed E-state index contributed by atoms with van der Waals surface area (Å²) < 4.78 is 5.65. The molecule has 1 heterocycles. The van der Waals surface area contributed by atoms with Crippen molar-refractivity contribution in [1.82, 2.24) is 10.1 Å². The van der Waals surface area contributed by atoms with E-state index in [-0.39, 0.29) is 5.41 Å². The average molecular weight is 319 g/mol. The van der Waals surface area contributed by atoms with Gasteiger partial charge in [-0.15, -0.1) is 0 Å². The highest BCUT2D eigenvalue weighted by Crippen LogP contribution is 2.38. The topological polar surface area (TPSA) is 64.9 Å². The highest BCUT2D eigenvalue weighted by atomic mass is 16.5. The molecule has 4 rings (SSSR count). The Kier molecular flexibility index (Phi) is 3.69. The summed E-state index contributed by atoms with van der Waals surface area (Å²) in [5.74, 6) is 1.38. The number of aryl methyl sites for hydroxylation is 1. The molecule has 0 saturated carbocycles. The monoisotopic (exact) mass is 319 g/mol. The maximum absolute atomic E-state index is 5.65. The predicted octanol–water partition coefficient (Wildman–Crippen LogP) is 3.64. The summed E-state index contributed by atoms with van der Waals surface area (Å²) in [4.78, 5) is 4.70. The Bertz CT molecular complexity index is 853. The van der Waals surface area contributed by atoms with Crippen LogP contribution in [-0.4, -0.2) is 10.1 Å². The fourth-order valence-corrected chi connectivity index (χ4v) is 3.45. The largest absolute Gasteiger partial charge is 0.338 e. The molecule has 0 radical (unpaired) electrons. The SMILES string of the molecule is CC1(c2nc(-c3ccc(CN)cc3)no2)CCc2ccccc2C1. The highest BCUT2D eigenvalue weighted by Gasteiger charge is 2.36. The second-order valence-corrected chi connectivity index (χ2v) is 6.83. The molecular formula is C20H21N3O. The predicted molar refractivity (Wildman–Crippen MR) is 93.4 cm³/mol. The van der Waals surface area contributed by atoms with Gasteiger partial charge in [-0.3, -0.25) is 0 Å². The van der Waals surface area contributed by atoms with Gasteiger partial charge >= 0.3 is 0 Å². The van der Waals surface area contributed by atoms with E-state index >= 15 is 0 Å². The molecule has 0 aliphatic heterocycles. The number of nitrogens with zero attached hydrogens (tertiary/aromatic N) is 2. The lowest BCUT2D eigenvalue weighted by molar-refractivity contribution is 0.270. The van der Waals surface area contributed by atoms with Crippen molar-refractivity contribution in [2.45, 2.75) is 38.1 Å². The van der Waals surface area contributed by atoms with Gasteiger partial charge in [0.1, 0.15) is 0 Å². The van der Waals surface area contributed by atoms with E-state index in [4.69, 9.17) is 15.2 Å². The van der Waals surface area contributed by atoms with E-state index in [1.807, 2.05) is 24.3 Å². The molecule has 1 unspecified atom stereocenters. The third-order valence-corrected chi connectivity index (χ3v) is 5.04. The molecule has 0 bridgehead atoms. The quantitative estimate of drug-likeness (QED) is 0.800. The minimum atomic E-state index is -0.100. The van der Waals surface area contributed by atoms with Gasteiger partial charge in [0.05, 0.1) is 5.41 Å². The number of rotatable bonds is 3. The second kappa shape index (κ2) is 5.87. The smallest absolute Gasteiger partial charge is 0.233 e. The van der Waals surface area contributed by atoms with E-state index in [2.05, 4.69) is 36.3 Å². The number of benzene rings is 2. The van der Waals surface area contributed by atoms with Crippen molar-refractivity contribution in [1.29, 1.82) is 0 Å². The molecule has 0 fully saturated rings. The van der Waals surface area contributed by atoms with E-state index in [1.54, 1.807) is 0 Å².